The van der Waals surface area contributed by atoms with Crippen LogP contribution in [-0.2, 0) is 14.2 Å². The normalized spacial score (nSPS) is 41.9. The van der Waals surface area contributed by atoms with Crippen LogP contribution >= 0.6 is 0 Å². The summed E-state index contributed by atoms with van der Waals surface area (Å²) in [6.45, 7) is 4.19. The Kier molecular flexibility index (Phi) is 3.08. The number of fused-ring (bicyclic) bond motifs is 1. The molecule has 2 heterocycles. The van der Waals surface area contributed by atoms with Crippen molar-refractivity contribution in [3.05, 3.63) is 0 Å². The molecule has 6 heteroatoms. The molecular weight excluding hydrogens is 200 g/mol. The van der Waals surface area contributed by atoms with E-state index in [1.54, 1.807) is 0 Å². The molecule has 2 aliphatic rings. The van der Waals surface area contributed by atoms with Crippen molar-refractivity contribution >= 4 is 6.03 Å². The fraction of sp³-hybridized carbons (Fsp3) is 0.889. The zero-order valence-electron chi connectivity index (χ0n) is 8.86. The molecule has 2 aliphatic heterocycles. The maximum absolute atomic E-state index is 11.4. The van der Waals surface area contributed by atoms with Crippen LogP contribution < -0.4 is 10.6 Å². The molecule has 2 saturated heterocycles. The third-order valence-electron chi connectivity index (χ3n) is 2.71. The number of hydrogen-bond donors (Lipinski definition) is 2. The maximum Gasteiger partial charge on any atom is 0.315 e. The van der Waals surface area contributed by atoms with Gasteiger partial charge in [0.1, 0.15) is 25.8 Å². The first kappa shape index (κ1) is 10.7. The summed E-state index contributed by atoms with van der Waals surface area (Å²) in [5.41, 5.74) is 0. The minimum atomic E-state index is -0.184. The molecule has 0 aromatic carbocycles. The minimum absolute atomic E-state index is 0.0957. The summed E-state index contributed by atoms with van der Waals surface area (Å²) >= 11 is 0. The van der Waals surface area contributed by atoms with Crippen molar-refractivity contribution in [2.75, 3.05) is 13.6 Å². The first-order valence-electron chi connectivity index (χ1n) is 5.06. The Hall–Kier alpha value is -0.850. The van der Waals surface area contributed by atoms with Crippen molar-refractivity contribution in [3.63, 3.8) is 0 Å². The summed E-state index contributed by atoms with van der Waals surface area (Å²) in [6.07, 6.45) is -0.358. The molecule has 2 rings (SSSR count). The topological polar surface area (TPSA) is 68.8 Å². The lowest BCUT2D eigenvalue weighted by Gasteiger charge is -2.28. The number of amides is 2. The Morgan fingerprint density at radius 2 is 1.53 bits per heavy atom. The lowest BCUT2D eigenvalue weighted by atomic mass is 10.0. The molecular formula is C9H16N2O4. The molecule has 86 valence electrons. The molecule has 4 unspecified atom stereocenters. The number of nitrogens with one attached hydrogen (secondary N) is 2. The summed E-state index contributed by atoms with van der Waals surface area (Å²) < 4.78 is 16.1. The predicted octanol–water partition coefficient (Wildman–Crippen LogP) is -0.208. The summed E-state index contributed by atoms with van der Waals surface area (Å²) in [6, 6.07) is -0.375. The van der Waals surface area contributed by atoms with E-state index in [0.29, 0.717) is 0 Å². The standard InChI is InChI=1S/C9H16N2O4/c1-5-7-8(15-4-13-3-14-7)6(2)11-9(12)10-5/h5-8H,3-4H2,1-2H3,(H2,10,11,12). The zero-order chi connectivity index (χ0) is 10.8. The van der Waals surface area contributed by atoms with Gasteiger partial charge in [-0.1, -0.05) is 0 Å². The van der Waals surface area contributed by atoms with Crippen LogP contribution in [0.5, 0.6) is 0 Å². The number of hydrogen-bond acceptors (Lipinski definition) is 4. The van der Waals surface area contributed by atoms with E-state index in [2.05, 4.69) is 10.6 Å². The van der Waals surface area contributed by atoms with E-state index in [-0.39, 0.29) is 43.9 Å². The molecule has 2 amide bonds. The molecule has 4 atom stereocenters. The Morgan fingerprint density at radius 1 is 1.07 bits per heavy atom. The maximum atomic E-state index is 11.4. The van der Waals surface area contributed by atoms with Gasteiger partial charge in [0.25, 0.3) is 0 Å². The zero-order valence-corrected chi connectivity index (χ0v) is 8.86. The predicted molar refractivity (Wildman–Crippen MR) is 51.2 cm³/mol. The van der Waals surface area contributed by atoms with Gasteiger partial charge in [0.15, 0.2) is 0 Å². The molecule has 15 heavy (non-hydrogen) atoms. The smallest absolute Gasteiger partial charge is 0.315 e. The first-order chi connectivity index (χ1) is 7.18. The van der Waals surface area contributed by atoms with Gasteiger partial charge in [0.2, 0.25) is 0 Å². The number of rotatable bonds is 0. The van der Waals surface area contributed by atoms with Crippen molar-refractivity contribution in [1.29, 1.82) is 0 Å². The number of urea groups is 1. The summed E-state index contributed by atoms with van der Waals surface area (Å²) in [7, 11) is 0. The fourth-order valence-corrected chi connectivity index (χ4v) is 1.95. The largest absolute Gasteiger partial charge is 0.347 e. The van der Waals surface area contributed by atoms with Gasteiger partial charge in [-0.3, -0.25) is 0 Å². The van der Waals surface area contributed by atoms with Crippen LogP contribution in [0.1, 0.15) is 13.8 Å². The van der Waals surface area contributed by atoms with Gasteiger partial charge in [-0.15, -0.1) is 0 Å². The van der Waals surface area contributed by atoms with Gasteiger partial charge in [-0.25, -0.2) is 4.79 Å². The van der Waals surface area contributed by atoms with E-state index in [4.69, 9.17) is 14.2 Å². The van der Waals surface area contributed by atoms with E-state index in [1.165, 1.54) is 0 Å². The highest BCUT2D eigenvalue weighted by molar-refractivity contribution is 5.75. The second-order valence-electron chi connectivity index (χ2n) is 3.90. The van der Waals surface area contributed by atoms with Gasteiger partial charge in [0, 0.05) is 0 Å². The van der Waals surface area contributed by atoms with Gasteiger partial charge in [-0.2, -0.15) is 0 Å². The molecule has 2 N–H and O–H groups in total. The first-order valence-corrected chi connectivity index (χ1v) is 5.06. The van der Waals surface area contributed by atoms with Crippen LogP contribution in [0.25, 0.3) is 0 Å². The van der Waals surface area contributed by atoms with Crippen LogP contribution in [0.15, 0.2) is 0 Å². The van der Waals surface area contributed by atoms with Crippen LogP contribution in [0.3, 0.4) is 0 Å². The molecule has 0 radical (unpaired) electrons. The van der Waals surface area contributed by atoms with Gasteiger partial charge >= 0.3 is 6.03 Å². The fourth-order valence-electron chi connectivity index (χ4n) is 1.95. The molecule has 0 bridgehead atoms. The van der Waals surface area contributed by atoms with Crippen molar-refractivity contribution in [3.8, 4) is 0 Å². The summed E-state index contributed by atoms with van der Waals surface area (Å²) in [4.78, 5) is 11.4. The summed E-state index contributed by atoms with van der Waals surface area (Å²) in [5.74, 6) is 0. The highest BCUT2D eigenvalue weighted by Gasteiger charge is 2.38. The SMILES string of the molecule is CC1NC(=O)NC(C)C2OCOCOC12. The average molecular weight is 216 g/mol. The third-order valence-corrected chi connectivity index (χ3v) is 2.71. The molecule has 0 saturated carbocycles. The van der Waals surface area contributed by atoms with E-state index in [0.717, 1.165) is 0 Å². The Bertz CT molecular complexity index is 226. The van der Waals surface area contributed by atoms with Gasteiger partial charge in [-0.05, 0) is 13.8 Å². The van der Waals surface area contributed by atoms with Crippen molar-refractivity contribution in [2.45, 2.75) is 38.1 Å². The van der Waals surface area contributed by atoms with Gasteiger partial charge in [0.05, 0.1) is 12.1 Å². The van der Waals surface area contributed by atoms with Crippen LogP contribution in [0.4, 0.5) is 4.79 Å². The number of carbonyl (C=O) groups is 1. The Labute approximate surface area is 88.2 Å². The molecule has 6 nitrogen and oxygen atoms in total. The van der Waals surface area contributed by atoms with E-state index in [9.17, 15) is 4.79 Å². The average Bonchev–Trinajstić information content (AvgIpc) is 2.44. The highest BCUT2D eigenvalue weighted by atomic mass is 16.8. The number of carbonyl (C=O) groups excluding carboxylic acids is 1. The molecule has 0 aromatic heterocycles. The monoisotopic (exact) mass is 216 g/mol. The minimum Gasteiger partial charge on any atom is -0.347 e. The molecule has 0 aromatic rings. The van der Waals surface area contributed by atoms with Crippen LogP contribution in [0.2, 0.25) is 0 Å². The van der Waals surface area contributed by atoms with Gasteiger partial charge < -0.3 is 24.8 Å². The Balaban J connectivity index is 2.16. The van der Waals surface area contributed by atoms with Crippen LogP contribution in [-0.4, -0.2) is 43.9 Å². The second kappa shape index (κ2) is 4.34. The van der Waals surface area contributed by atoms with E-state index in [1.807, 2.05) is 13.8 Å². The third kappa shape index (κ3) is 2.22. The second-order valence-corrected chi connectivity index (χ2v) is 3.90. The van der Waals surface area contributed by atoms with Crippen molar-refractivity contribution in [1.82, 2.24) is 10.6 Å². The Morgan fingerprint density at radius 3 is 2.00 bits per heavy atom. The van der Waals surface area contributed by atoms with E-state index < -0.39 is 0 Å². The lowest BCUT2D eigenvalue weighted by molar-refractivity contribution is -0.0911. The molecule has 2 fully saturated rings. The summed E-state index contributed by atoms with van der Waals surface area (Å²) in [5, 5.41) is 5.58. The lowest BCUT2D eigenvalue weighted by Crippen LogP contribution is -2.47. The number of ether oxygens (including phenoxy) is 3. The molecule has 0 aliphatic carbocycles. The van der Waals surface area contributed by atoms with Crippen molar-refractivity contribution < 1.29 is 19.0 Å². The quantitative estimate of drug-likeness (QED) is 0.588. The van der Waals surface area contributed by atoms with Crippen LogP contribution in [0, 0.1) is 0 Å². The highest BCUT2D eigenvalue weighted by Crippen LogP contribution is 2.18. The molecule has 0 spiro atoms. The van der Waals surface area contributed by atoms with Crippen molar-refractivity contribution in [2.24, 2.45) is 0 Å². The van der Waals surface area contributed by atoms with E-state index >= 15 is 0 Å².